The Morgan fingerprint density at radius 1 is 1.21 bits per heavy atom. The number of aromatic nitrogens is 2. The van der Waals surface area contributed by atoms with E-state index in [2.05, 4.69) is 30.7 Å². The van der Waals surface area contributed by atoms with E-state index in [0.29, 0.717) is 35.8 Å². The number of benzene rings is 1. The van der Waals surface area contributed by atoms with Gasteiger partial charge in [-0.25, -0.2) is 4.98 Å². The second-order valence-corrected chi connectivity index (χ2v) is 10.3. The van der Waals surface area contributed by atoms with Crippen molar-refractivity contribution in [1.29, 1.82) is 0 Å². The summed E-state index contributed by atoms with van der Waals surface area (Å²) in [6, 6.07) is 6.01. The molecule has 0 bridgehead atoms. The van der Waals surface area contributed by atoms with Crippen molar-refractivity contribution in [3.63, 3.8) is 0 Å². The maximum Gasteiger partial charge on any atom is 0.256 e. The van der Waals surface area contributed by atoms with E-state index in [1.165, 1.54) is 19.3 Å². The Morgan fingerprint density at radius 2 is 2.03 bits per heavy atom. The molecule has 1 saturated carbocycles. The highest BCUT2D eigenvalue weighted by Gasteiger charge is 2.48. The van der Waals surface area contributed by atoms with E-state index in [-0.39, 0.29) is 5.91 Å². The average molecular weight is 484 g/mol. The molecule has 1 amide bonds. The van der Waals surface area contributed by atoms with Crippen molar-refractivity contribution in [2.75, 3.05) is 62.6 Å². The first-order valence-electron chi connectivity index (χ1n) is 12.3. The van der Waals surface area contributed by atoms with Gasteiger partial charge in [0.25, 0.3) is 5.91 Å². The molecule has 1 aromatic carbocycles. The van der Waals surface area contributed by atoms with Crippen molar-refractivity contribution >= 4 is 29.3 Å². The number of hydrogen-bond donors (Lipinski definition) is 3. The van der Waals surface area contributed by atoms with Gasteiger partial charge in [0.2, 0.25) is 5.95 Å². The third-order valence-corrected chi connectivity index (χ3v) is 7.73. The number of piperazine rings is 1. The lowest BCUT2D eigenvalue weighted by molar-refractivity contribution is 0.0947. The number of halogens is 1. The van der Waals surface area contributed by atoms with Gasteiger partial charge in [0, 0.05) is 70.1 Å². The molecule has 0 unspecified atom stereocenters. The van der Waals surface area contributed by atoms with E-state index < -0.39 is 0 Å². The van der Waals surface area contributed by atoms with Gasteiger partial charge >= 0.3 is 0 Å². The topological polar surface area (TPSA) is 85.4 Å². The fourth-order valence-corrected chi connectivity index (χ4v) is 5.01. The molecule has 9 heteroatoms. The van der Waals surface area contributed by atoms with Crippen LogP contribution in [0.15, 0.2) is 24.4 Å². The van der Waals surface area contributed by atoms with E-state index in [4.69, 9.17) is 16.6 Å². The molecule has 34 heavy (non-hydrogen) atoms. The largest absolute Gasteiger partial charge is 0.365 e. The van der Waals surface area contributed by atoms with Crippen LogP contribution in [0.5, 0.6) is 0 Å². The maximum atomic E-state index is 13.1. The predicted molar refractivity (Wildman–Crippen MR) is 136 cm³/mol. The number of carbonyl (C=O) groups excluding carboxylic acids is 1. The molecule has 1 aromatic heterocycles. The third kappa shape index (κ3) is 5.45. The predicted octanol–water partition coefficient (Wildman–Crippen LogP) is 2.68. The Labute approximate surface area is 206 Å². The minimum absolute atomic E-state index is 0.147. The van der Waals surface area contributed by atoms with E-state index in [1.807, 2.05) is 25.1 Å². The van der Waals surface area contributed by atoms with Crippen LogP contribution in [0.4, 0.5) is 11.8 Å². The summed E-state index contributed by atoms with van der Waals surface area (Å²) in [5.41, 5.74) is 3.04. The van der Waals surface area contributed by atoms with Gasteiger partial charge in [0.15, 0.2) is 0 Å². The molecular formula is C25H34ClN7O. The van der Waals surface area contributed by atoms with E-state index >= 15 is 0 Å². The van der Waals surface area contributed by atoms with Gasteiger partial charge in [-0.2, -0.15) is 4.98 Å². The van der Waals surface area contributed by atoms with Crippen LogP contribution in [0, 0.1) is 12.3 Å². The maximum absolute atomic E-state index is 13.1. The van der Waals surface area contributed by atoms with Crippen molar-refractivity contribution in [1.82, 2.24) is 25.5 Å². The van der Waals surface area contributed by atoms with Gasteiger partial charge in [-0.3, -0.25) is 9.69 Å². The first-order chi connectivity index (χ1) is 16.5. The summed E-state index contributed by atoms with van der Waals surface area (Å²) in [7, 11) is 0. The fourth-order valence-electron chi connectivity index (χ4n) is 4.81. The minimum atomic E-state index is -0.147. The molecule has 5 rings (SSSR count). The van der Waals surface area contributed by atoms with Crippen LogP contribution in [0.25, 0.3) is 0 Å². The summed E-state index contributed by atoms with van der Waals surface area (Å²) in [6.45, 7) is 9.96. The number of nitrogens with one attached hydrogen (secondary N) is 3. The smallest absolute Gasteiger partial charge is 0.256 e. The zero-order chi connectivity index (χ0) is 23.5. The van der Waals surface area contributed by atoms with E-state index in [0.717, 1.165) is 62.0 Å². The SMILES string of the molecule is Cc1ccc(CNc2nc(N3CCC4(CC4)C3)ncc2C(=O)NCCN2CCNCC2)cc1Cl. The van der Waals surface area contributed by atoms with Crippen molar-refractivity contribution in [3.05, 3.63) is 46.1 Å². The summed E-state index contributed by atoms with van der Waals surface area (Å²) in [5.74, 6) is 1.12. The standard InChI is InChI=1S/C25H34ClN7O/c1-18-2-3-19(14-21(18)26)15-29-22-20(23(34)28-9-13-32-11-7-27-8-12-32)16-30-24(31-22)33-10-6-25(17-33)4-5-25/h2-3,14,16,27H,4-13,15,17H2,1H3,(H,28,34)(H,29,30,31). The second kappa shape index (κ2) is 10.1. The van der Waals surface area contributed by atoms with Crippen molar-refractivity contribution in [2.24, 2.45) is 5.41 Å². The van der Waals surface area contributed by atoms with Crippen LogP contribution in [0.2, 0.25) is 5.02 Å². The lowest BCUT2D eigenvalue weighted by atomic mass is 10.1. The molecule has 2 aromatic rings. The first-order valence-corrected chi connectivity index (χ1v) is 12.7. The highest BCUT2D eigenvalue weighted by Crippen LogP contribution is 2.53. The lowest BCUT2D eigenvalue weighted by Gasteiger charge is -2.27. The highest BCUT2D eigenvalue weighted by molar-refractivity contribution is 6.31. The number of carbonyl (C=O) groups is 1. The van der Waals surface area contributed by atoms with Gasteiger partial charge in [-0.05, 0) is 48.8 Å². The van der Waals surface area contributed by atoms with E-state index in [1.54, 1.807) is 6.20 Å². The average Bonchev–Trinajstić information content (AvgIpc) is 3.48. The third-order valence-electron chi connectivity index (χ3n) is 7.32. The number of rotatable bonds is 8. The van der Waals surface area contributed by atoms with Gasteiger partial charge in [0.05, 0.1) is 0 Å². The van der Waals surface area contributed by atoms with Crippen molar-refractivity contribution < 1.29 is 4.79 Å². The van der Waals surface area contributed by atoms with Crippen LogP contribution in [0.3, 0.4) is 0 Å². The monoisotopic (exact) mass is 483 g/mol. The summed E-state index contributed by atoms with van der Waals surface area (Å²) in [6.07, 6.45) is 5.48. The van der Waals surface area contributed by atoms with Gasteiger partial charge in [-0.15, -0.1) is 0 Å². The fraction of sp³-hybridized carbons (Fsp3) is 0.560. The Morgan fingerprint density at radius 3 is 2.76 bits per heavy atom. The van der Waals surface area contributed by atoms with Gasteiger partial charge in [0.1, 0.15) is 11.4 Å². The molecule has 3 N–H and O–H groups in total. The second-order valence-electron chi connectivity index (χ2n) is 9.89. The van der Waals surface area contributed by atoms with Gasteiger partial charge < -0.3 is 20.9 Å². The number of anilines is 2. The Hall–Kier alpha value is -2.42. The molecule has 2 saturated heterocycles. The van der Waals surface area contributed by atoms with E-state index in [9.17, 15) is 4.79 Å². The van der Waals surface area contributed by atoms with Crippen molar-refractivity contribution in [3.8, 4) is 0 Å². The zero-order valence-corrected chi connectivity index (χ0v) is 20.6. The summed E-state index contributed by atoms with van der Waals surface area (Å²) in [5, 5.41) is 10.5. The van der Waals surface area contributed by atoms with Gasteiger partial charge in [-0.1, -0.05) is 23.7 Å². The number of nitrogens with zero attached hydrogens (tertiary/aromatic N) is 4. The molecule has 1 aliphatic carbocycles. The quantitative estimate of drug-likeness (QED) is 0.532. The van der Waals surface area contributed by atoms with Crippen LogP contribution in [-0.4, -0.2) is 73.1 Å². The number of amides is 1. The Balaban J connectivity index is 1.29. The molecule has 1 spiro atoms. The molecule has 3 aliphatic rings. The highest BCUT2D eigenvalue weighted by atomic mass is 35.5. The molecule has 3 fully saturated rings. The summed E-state index contributed by atoms with van der Waals surface area (Å²) < 4.78 is 0. The number of hydrogen-bond acceptors (Lipinski definition) is 7. The first kappa shape index (κ1) is 23.3. The lowest BCUT2D eigenvalue weighted by Crippen LogP contribution is -2.46. The van der Waals surface area contributed by atoms with Crippen LogP contribution >= 0.6 is 11.6 Å². The van der Waals surface area contributed by atoms with Crippen LogP contribution in [0.1, 0.15) is 40.7 Å². The molecule has 0 atom stereocenters. The normalized spacial score (nSPS) is 19.4. The summed E-state index contributed by atoms with van der Waals surface area (Å²) >= 11 is 6.31. The molecule has 182 valence electrons. The molecule has 0 radical (unpaired) electrons. The molecular weight excluding hydrogens is 450 g/mol. The zero-order valence-electron chi connectivity index (χ0n) is 19.9. The molecule has 8 nitrogen and oxygen atoms in total. The minimum Gasteiger partial charge on any atom is -0.365 e. The Bertz CT molecular complexity index is 1040. The van der Waals surface area contributed by atoms with Crippen molar-refractivity contribution in [2.45, 2.75) is 32.7 Å². The molecule has 3 heterocycles. The summed E-state index contributed by atoms with van der Waals surface area (Å²) in [4.78, 5) is 27.1. The van der Waals surface area contributed by atoms with Crippen LogP contribution in [-0.2, 0) is 6.54 Å². The Kier molecular flexibility index (Phi) is 6.90. The van der Waals surface area contributed by atoms with Crippen LogP contribution < -0.4 is 20.9 Å². The number of aryl methyl sites for hydroxylation is 1. The molecule has 2 aliphatic heterocycles.